The molecule has 0 radical (unpaired) electrons. The minimum atomic E-state index is 0.0888. The molecule has 0 aliphatic carbocycles. The second-order valence-corrected chi connectivity index (χ2v) is 8.05. The molecule has 0 saturated carbocycles. The van der Waals surface area contributed by atoms with E-state index in [0.717, 1.165) is 20.3 Å². The van der Waals surface area contributed by atoms with Gasteiger partial charge in [-0.05, 0) is 71.5 Å². The van der Waals surface area contributed by atoms with E-state index in [2.05, 4.69) is 94.6 Å². The molecule has 0 aliphatic rings. The molecule has 0 aromatic heterocycles. The van der Waals surface area contributed by atoms with E-state index in [1.807, 2.05) is 19.1 Å². The third-order valence-electron chi connectivity index (χ3n) is 2.78. The minimum Gasteiger partial charge on any atom is -0.494 e. The molecular weight excluding hydrogens is 563 g/mol. The molecule has 2 rings (SSSR count). The van der Waals surface area contributed by atoms with Crippen molar-refractivity contribution in [2.24, 2.45) is 0 Å². The van der Waals surface area contributed by atoms with Gasteiger partial charge in [0.25, 0.3) is 0 Å². The van der Waals surface area contributed by atoms with Gasteiger partial charge in [0.15, 0.2) is 0 Å². The molecule has 1 atom stereocenters. The van der Waals surface area contributed by atoms with Gasteiger partial charge in [0.2, 0.25) is 0 Å². The lowest BCUT2D eigenvalue weighted by atomic mass is 10.0. The third kappa shape index (κ3) is 3.99. The van der Waals surface area contributed by atoms with E-state index in [4.69, 9.17) is 4.74 Å². The molecule has 20 heavy (non-hydrogen) atoms. The average Bonchev–Trinajstić information content (AvgIpc) is 2.43. The van der Waals surface area contributed by atoms with Crippen LogP contribution in [0.1, 0.15) is 22.9 Å². The summed E-state index contributed by atoms with van der Waals surface area (Å²) in [7, 11) is 0. The van der Waals surface area contributed by atoms with Crippen molar-refractivity contribution < 1.29 is 4.74 Å². The molecule has 2 aromatic carbocycles. The van der Waals surface area contributed by atoms with Crippen molar-refractivity contribution in [3.63, 3.8) is 0 Å². The van der Waals surface area contributed by atoms with Gasteiger partial charge in [-0.3, -0.25) is 0 Å². The zero-order valence-electron chi connectivity index (χ0n) is 10.7. The number of alkyl halides is 1. The fourth-order valence-corrected chi connectivity index (χ4v) is 4.45. The van der Waals surface area contributed by atoms with E-state index in [1.165, 1.54) is 9.13 Å². The van der Waals surface area contributed by atoms with Crippen LogP contribution in [0, 0.1) is 3.57 Å². The summed E-state index contributed by atoms with van der Waals surface area (Å²) in [5, 5.41) is 0. The Kier molecular flexibility index (Phi) is 6.38. The van der Waals surface area contributed by atoms with Crippen LogP contribution in [0.15, 0.2) is 45.3 Å². The molecule has 1 nitrogen and oxygen atoms in total. The summed E-state index contributed by atoms with van der Waals surface area (Å²) < 4.78 is 9.08. The van der Waals surface area contributed by atoms with Crippen LogP contribution >= 0.6 is 70.4 Å². The van der Waals surface area contributed by atoms with Crippen LogP contribution < -0.4 is 4.74 Å². The van der Waals surface area contributed by atoms with Gasteiger partial charge in [0, 0.05) is 18.1 Å². The van der Waals surface area contributed by atoms with Crippen LogP contribution in [0.4, 0.5) is 0 Å². The Morgan fingerprint density at radius 2 is 1.65 bits per heavy atom. The molecule has 0 saturated heterocycles. The maximum absolute atomic E-state index is 5.74. The summed E-state index contributed by atoms with van der Waals surface area (Å²) in [6, 6.07) is 12.4. The monoisotopic (exact) mass is 572 g/mol. The summed E-state index contributed by atoms with van der Waals surface area (Å²) in [5.41, 5.74) is 2.34. The Bertz CT molecular complexity index is 616. The maximum Gasteiger partial charge on any atom is 0.124 e. The number of hydrogen-bond donors (Lipinski definition) is 0. The van der Waals surface area contributed by atoms with Crippen molar-refractivity contribution >= 4 is 70.4 Å². The van der Waals surface area contributed by atoms with Crippen molar-refractivity contribution in [3.8, 4) is 5.75 Å². The first-order valence-corrected chi connectivity index (χ1v) is 9.62. The van der Waals surface area contributed by atoms with E-state index in [0.29, 0.717) is 6.61 Å². The highest BCUT2D eigenvalue weighted by atomic mass is 127. The van der Waals surface area contributed by atoms with E-state index in [-0.39, 0.29) is 4.83 Å². The minimum absolute atomic E-state index is 0.0888. The van der Waals surface area contributed by atoms with E-state index in [9.17, 15) is 0 Å². The molecule has 5 heteroatoms. The molecule has 0 heterocycles. The summed E-state index contributed by atoms with van der Waals surface area (Å²) in [6.07, 6.45) is 0. The van der Waals surface area contributed by atoms with Gasteiger partial charge in [-0.1, -0.05) is 47.8 Å². The van der Waals surface area contributed by atoms with Gasteiger partial charge in [-0.25, -0.2) is 0 Å². The molecule has 0 bridgehead atoms. The quantitative estimate of drug-likeness (QED) is 0.292. The largest absolute Gasteiger partial charge is 0.494 e. The van der Waals surface area contributed by atoms with Crippen molar-refractivity contribution in [2.75, 3.05) is 6.61 Å². The lowest BCUT2D eigenvalue weighted by Gasteiger charge is -2.17. The highest BCUT2D eigenvalue weighted by molar-refractivity contribution is 14.1. The summed E-state index contributed by atoms with van der Waals surface area (Å²) in [5.74, 6) is 0.911. The van der Waals surface area contributed by atoms with Crippen molar-refractivity contribution in [1.82, 2.24) is 0 Å². The Labute approximate surface area is 158 Å². The Morgan fingerprint density at radius 3 is 2.30 bits per heavy atom. The first-order chi connectivity index (χ1) is 9.52. The highest BCUT2D eigenvalue weighted by Gasteiger charge is 2.18. The van der Waals surface area contributed by atoms with Crippen molar-refractivity contribution in [3.05, 3.63) is 60.0 Å². The molecule has 106 valence electrons. The predicted octanol–water partition coefficient (Wildman–Crippen LogP) is 6.70. The zero-order chi connectivity index (χ0) is 14.7. The second kappa shape index (κ2) is 7.61. The van der Waals surface area contributed by atoms with Crippen LogP contribution in [0.2, 0.25) is 0 Å². The van der Waals surface area contributed by atoms with Crippen LogP contribution in [0.5, 0.6) is 5.75 Å². The Hall–Kier alpha value is 0.410. The Morgan fingerprint density at radius 1 is 1.05 bits per heavy atom. The number of rotatable bonds is 4. The Balaban J connectivity index is 2.49. The van der Waals surface area contributed by atoms with E-state index >= 15 is 0 Å². The van der Waals surface area contributed by atoms with Gasteiger partial charge in [0.1, 0.15) is 5.75 Å². The maximum atomic E-state index is 5.74. The van der Waals surface area contributed by atoms with Crippen LogP contribution in [-0.4, -0.2) is 6.61 Å². The average molecular weight is 575 g/mol. The fraction of sp³-hybridized carbons (Fsp3) is 0.200. The predicted molar refractivity (Wildman–Crippen MR) is 103 cm³/mol. The molecule has 0 fully saturated rings. The molecule has 1 unspecified atom stereocenters. The number of hydrogen-bond acceptors (Lipinski definition) is 1. The van der Waals surface area contributed by atoms with E-state index in [1.54, 1.807) is 0 Å². The van der Waals surface area contributed by atoms with Crippen molar-refractivity contribution in [1.29, 1.82) is 0 Å². The van der Waals surface area contributed by atoms with Gasteiger partial charge >= 0.3 is 0 Å². The van der Waals surface area contributed by atoms with Gasteiger partial charge < -0.3 is 4.74 Å². The SMILES string of the molecule is CCOc1ccc(Br)cc1C(Br)c1cc(Br)ccc1I. The lowest BCUT2D eigenvalue weighted by Crippen LogP contribution is -2.01. The summed E-state index contributed by atoms with van der Waals surface area (Å²) >= 11 is 13.2. The lowest BCUT2D eigenvalue weighted by molar-refractivity contribution is 0.337. The van der Waals surface area contributed by atoms with Crippen molar-refractivity contribution in [2.45, 2.75) is 11.8 Å². The first-order valence-electron chi connectivity index (χ1n) is 6.04. The topological polar surface area (TPSA) is 9.23 Å². The van der Waals surface area contributed by atoms with Crippen LogP contribution in [-0.2, 0) is 0 Å². The zero-order valence-corrected chi connectivity index (χ0v) is 17.6. The number of ether oxygens (including phenoxy) is 1. The molecular formula is C15H12Br3IO. The molecule has 0 aliphatic heterocycles. The summed E-state index contributed by atoms with van der Waals surface area (Å²) in [6.45, 7) is 2.65. The van der Waals surface area contributed by atoms with Gasteiger partial charge in [-0.15, -0.1) is 0 Å². The molecule has 0 amide bonds. The molecule has 2 aromatic rings. The van der Waals surface area contributed by atoms with Crippen LogP contribution in [0.25, 0.3) is 0 Å². The summed E-state index contributed by atoms with van der Waals surface area (Å²) in [4.78, 5) is 0.0888. The second-order valence-electron chi connectivity index (χ2n) is 4.14. The normalized spacial score (nSPS) is 12.2. The highest BCUT2D eigenvalue weighted by Crippen LogP contribution is 2.40. The first kappa shape index (κ1) is 16.8. The third-order valence-corrected chi connectivity index (χ3v) is 5.73. The number of benzene rings is 2. The van der Waals surface area contributed by atoms with Gasteiger partial charge in [0.05, 0.1) is 11.4 Å². The molecule has 0 N–H and O–H groups in total. The number of halogens is 4. The van der Waals surface area contributed by atoms with Gasteiger partial charge in [-0.2, -0.15) is 0 Å². The molecule has 0 spiro atoms. The van der Waals surface area contributed by atoms with Crippen LogP contribution in [0.3, 0.4) is 0 Å². The fourth-order valence-electron chi connectivity index (χ4n) is 1.88. The smallest absolute Gasteiger partial charge is 0.124 e. The standard InChI is InChI=1S/C15H12Br3IO/c1-2-20-14-6-4-10(17)8-12(14)15(18)11-7-9(16)3-5-13(11)19/h3-8,15H,2H2,1H3. The van der Waals surface area contributed by atoms with E-state index < -0.39 is 0 Å².